The van der Waals surface area contributed by atoms with E-state index in [1.165, 1.54) is 0 Å². The largest absolute Gasteiger partial charge is 0.287 e. The summed E-state index contributed by atoms with van der Waals surface area (Å²) in [5.41, 5.74) is 2.45. The van der Waals surface area contributed by atoms with Gasteiger partial charge in [-0.2, -0.15) is 9.61 Å². The fourth-order valence-electron chi connectivity index (χ4n) is 2.46. The zero-order valence-corrected chi connectivity index (χ0v) is 11.0. The van der Waals surface area contributed by atoms with E-state index in [0.717, 1.165) is 11.4 Å². The van der Waals surface area contributed by atoms with Crippen LogP contribution in [0.15, 0.2) is 24.3 Å². The summed E-state index contributed by atoms with van der Waals surface area (Å²) in [7, 11) is 0. The van der Waals surface area contributed by atoms with Crippen molar-refractivity contribution in [1.82, 2.24) is 24.8 Å². The highest BCUT2D eigenvalue weighted by molar-refractivity contribution is 6.19. The molecule has 0 unspecified atom stereocenters. The monoisotopic (exact) mass is 265 g/mol. The molecule has 0 saturated carbocycles. The fourth-order valence-corrected chi connectivity index (χ4v) is 2.46. The lowest BCUT2D eigenvalue weighted by molar-refractivity contribution is 0.103. The van der Waals surface area contributed by atoms with E-state index >= 15 is 0 Å². The third-order valence-electron chi connectivity index (χ3n) is 3.44. The van der Waals surface area contributed by atoms with Gasteiger partial charge < -0.3 is 0 Å². The molecule has 3 aromatic rings. The summed E-state index contributed by atoms with van der Waals surface area (Å²) in [6.45, 7) is 4.04. The number of aromatic nitrogens is 5. The fraction of sp³-hybridized carbons (Fsp3) is 0.214. The first-order valence-electron chi connectivity index (χ1n) is 6.44. The maximum atomic E-state index is 12.3. The lowest BCUT2D eigenvalue weighted by Gasteiger charge is -2.03. The van der Waals surface area contributed by atoms with Crippen LogP contribution in [0.2, 0.25) is 0 Å². The third kappa shape index (κ3) is 1.30. The van der Waals surface area contributed by atoms with Crippen molar-refractivity contribution in [3.05, 3.63) is 41.3 Å². The normalized spacial score (nSPS) is 13.1. The number of hydrogen-bond acceptors (Lipinski definition) is 5. The molecular formula is C14H11N5O. The minimum absolute atomic E-state index is 0.0975. The Balaban J connectivity index is 2.07. The Labute approximate surface area is 114 Å². The van der Waals surface area contributed by atoms with Crippen molar-refractivity contribution in [3.8, 4) is 11.3 Å². The summed E-state index contributed by atoms with van der Waals surface area (Å²) in [4.78, 5) is 16.6. The van der Waals surface area contributed by atoms with Crippen molar-refractivity contribution in [2.75, 3.05) is 0 Å². The lowest BCUT2D eigenvalue weighted by Crippen LogP contribution is -2.06. The molecule has 0 bridgehead atoms. The van der Waals surface area contributed by atoms with Gasteiger partial charge >= 0.3 is 0 Å². The van der Waals surface area contributed by atoms with E-state index in [9.17, 15) is 4.79 Å². The molecule has 0 atom stereocenters. The van der Waals surface area contributed by atoms with Gasteiger partial charge in [-0.05, 0) is 0 Å². The Hall–Kier alpha value is -2.63. The van der Waals surface area contributed by atoms with Gasteiger partial charge in [-0.15, -0.1) is 10.2 Å². The van der Waals surface area contributed by atoms with E-state index in [2.05, 4.69) is 20.3 Å². The Kier molecular flexibility index (Phi) is 2.07. The van der Waals surface area contributed by atoms with Crippen LogP contribution < -0.4 is 0 Å². The zero-order chi connectivity index (χ0) is 13.9. The lowest BCUT2D eigenvalue weighted by atomic mass is 10.1. The van der Waals surface area contributed by atoms with Gasteiger partial charge in [0.1, 0.15) is 11.4 Å². The second-order valence-corrected chi connectivity index (χ2v) is 5.11. The number of nitrogens with zero attached hydrogens (tertiary/aromatic N) is 5. The van der Waals surface area contributed by atoms with Crippen LogP contribution in [0, 0.1) is 0 Å². The molecule has 20 heavy (non-hydrogen) atoms. The molecule has 0 saturated heterocycles. The molecule has 0 fully saturated rings. The first-order valence-corrected chi connectivity index (χ1v) is 6.44. The molecule has 6 heteroatoms. The highest BCUT2D eigenvalue weighted by Gasteiger charge is 2.31. The maximum absolute atomic E-state index is 12.3. The molecule has 1 aliphatic carbocycles. The number of benzene rings is 1. The van der Waals surface area contributed by atoms with E-state index in [-0.39, 0.29) is 11.7 Å². The average molecular weight is 265 g/mol. The highest BCUT2D eigenvalue weighted by atomic mass is 16.1. The number of hydrogen-bond donors (Lipinski definition) is 0. The summed E-state index contributed by atoms with van der Waals surface area (Å²) >= 11 is 0. The third-order valence-corrected chi connectivity index (χ3v) is 3.44. The van der Waals surface area contributed by atoms with Gasteiger partial charge in [0.15, 0.2) is 5.82 Å². The quantitative estimate of drug-likeness (QED) is 0.525. The first kappa shape index (κ1) is 11.2. The summed E-state index contributed by atoms with van der Waals surface area (Å²) in [5.74, 6) is 1.20. The van der Waals surface area contributed by atoms with E-state index in [4.69, 9.17) is 0 Å². The van der Waals surface area contributed by atoms with Crippen LogP contribution in [0.1, 0.15) is 41.6 Å². The maximum Gasteiger partial charge on any atom is 0.272 e. The van der Waals surface area contributed by atoms with Crippen molar-refractivity contribution in [2.24, 2.45) is 0 Å². The predicted octanol–water partition coefficient (Wildman–Crippen LogP) is 1.85. The summed E-state index contributed by atoms with van der Waals surface area (Å²) in [5, 5.41) is 12.6. The van der Waals surface area contributed by atoms with Crippen LogP contribution in [0.5, 0.6) is 0 Å². The topological polar surface area (TPSA) is 73.0 Å². The van der Waals surface area contributed by atoms with Gasteiger partial charge in [0.05, 0.1) is 0 Å². The Morgan fingerprint density at radius 1 is 1.05 bits per heavy atom. The molecular weight excluding hydrogens is 254 g/mol. The van der Waals surface area contributed by atoms with Crippen molar-refractivity contribution in [1.29, 1.82) is 0 Å². The molecule has 1 aliphatic rings. The molecule has 0 aliphatic heterocycles. The van der Waals surface area contributed by atoms with Crippen molar-refractivity contribution >= 4 is 11.6 Å². The minimum atomic E-state index is -0.0975. The predicted molar refractivity (Wildman–Crippen MR) is 71.5 cm³/mol. The van der Waals surface area contributed by atoms with Crippen LogP contribution in [-0.2, 0) is 0 Å². The van der Waals surface area contributed by atoms with Crippen molar-refractivity contribution < 1.29 is 4.79 Å². The van der Waals surface area contributed by atoms with Crippen molar-refractivity contribution in [2.45, 2.75) is 19.8 Å². The van der Waals surface area contributed by atoms with Crippen molar-refractivity contribution in [3.63, 3.8) is 0 Å². The van der Waals surface area contributed by atoms with E-state index < -0.39 is 0 Å². The summed E-state index contributed by atoms with van der Waals surface area (Å²) in [6, 6.07) is 7.42. The minimum Gasteiger partial charge on any atom is -0.287 e. The Morgan fingerprint density at radius 3 is 2.55 bits per heavy atom. The van der Waals surface area contributed by atoms with Gasteiger partial charge in [-0.25, -0.2) is 4.98 Å². The molecule has 0 N–H and O–H groups in total. The van der Waals surface area contributed by atoms with E-state index in [1.54, 1.807) is 10.6 Å². The molecule has 98 valence electrons. The zero-order valence-electron chi connectivity index (χ0n) is 11.0. The molecule has 1 aromatic carbocycles. The standard InChI is InChI=1S/C14H11N5O/c1-7(2)13-16-17-14-15-11-10(18-19(13)14)8-5-3-4-6-9(8)12(11)20/h3-7H,1-2H3. The number of ketones is 1. The second kappa shape index (κ2) is 3.69. The van der Waals surface area contributed by atoms with E-state index in [1.807, 2.05) is 32.0 Å². The highest BCUT2D eigenvalue weighted by Crippen LogP contribution is 2.33. The van der Waals surface area contributed by atoms with Crippen LogP contribution in [0.25, 0.3) is 17.0 Å². The van der Waals surface area contributed by atoms with Gasteiger partial charge in [-0.1, -0.05) is 38.1 Å². The summed E-state index contributed by atoms with van der Waals surface area (Å²) < 4.78 is 1.62. The van der Waals surface area contributed by atoms with Gasteiger partial charge in [0.2, 0.25) is 5.78 Å². The second-order valence-electron chi connectivity index (χ2n) is 5.11. The Morgan fingerprint density at radius 2 is 1.80 bits per heavy atom. The average Bonchev–Trinajstić information content (AvgIpc) is 2.98. The molecule has 2 heterocycles. The SMILES string of the molecule is CC(C)c1nnc2nc3c(nn12)-c1ccccc1C3=O. The summed E-state index contributed by atoms with van der Waals surface area (Å²) in [6.07, 6.45) is 0. The van der Waals surface area contributed by atoms with Crippen LogP contribution in [0.3, 0.4) is 0 Å². The number of rotatable bonds is 1. The molecule has 0 amide bonds. The van der Waals surface area contributed by atoms with Crippen LogP contribution >= 0.6 is 0 Å². The van der Waals surface area contributed by atoms with Gasteiger partial charge in [0.25, 0.3) is 5.78 Å². The number of carbonyl (C=O) groups excluding carboxylic acids is 1. The first-order chi connectivity index (χ1) is 9.66. The molecule has 4 rings (SSSR count). The van der Waals surface area contributed by atoms with Crippen LogP contribution in [-0.4, -0.2) is 30.6 Å². The van der Waals surface area contributed by atoms with E-state index in [0.29, 0.717) is 22.7 Å². The Bertz CT molecular complexity index is 865. The smallest absolute Gasteiger partial charge is 0.272 e. The van der Waals surface area contributed by atoms with Gasteiger partial charge in [-0.3, -0.25) is 4.79 Å². The molecule has 6 nitrogen and oxygen atoms in total. The number of carbonyl (C=O) groups is 1. The molecule has 2 aromatic heterocycles. The number of fused-ring (bicyclic) bond motifs is 4. The molecule has 0 radical (unpaired) electrons. The molecule has 0 spiro atoms. The van der Waals surface area contributed by atoms with Gasteiger partial charge in [0, 0.05) is 17.0 Å². The van der Waals surface area contributed by atoms with Crippen LogP contribution in [0.4, 0.5) is 0 Å².